The summed E-state index contributed by atoms with van der Waals surface area (Å²) in [5.41, 5.74) is 4.39. The highest BCUT2D eigenvalue weighted by atomic mass is 19.1. The van der Waals surface area contributed by atoms with Gasteiger partial charge in [-0.3, -0.25) is 4.57 Å². The Morgan fingerprint density at radius 2 is 2.08 bits per heavy atom. The zero-order valence-electron chi connectivity index (χ0n) is 14.7. The Bertz CT molecular complexity index is 724. The number of fused-ring (bicyclic) bond motifs is 1. The molecule has 10 nitrogen and oxygen atoms in total. The molecule has 0 saturated heterocycles. The van der Waals surface area contributed by atoms with Gasteiger partial charge in [0.1, 0.15) is 24.6 Å². The van der Waals surface area contributed by atoms with Gasteiger partial charge in [0, 0.05) is 0 Å². The molecule has 11 heteroatoms. The van der Waals surface area contributed by atoms with E-state index in [2.05, 4.69) is 15.0 Å². The van der Waals surface area contributed by atoms with Crippen molar-refractivity contribution in [2.24, 2.45) is 0 Å². The van der Waals surface area contributed by atoms with E-state index in [1.54, 1.807) is 13.8 Å². The maximum atomic E-state index is 13.6. The van der Waals surface area contributed by atoms with Gasteiger partial charge in [0.2, 0.25) is 11.8 Å². The number of rotatable bonds is 10. The molecule has 2 rings (SSSR count). The lowest BCUT2D eigenvalue weighted by molar-refractivity contribution is -0.210. The molecule has 2 heterocycles. The Morgan fingerprint density at radius 3 is 2.62 bits per heavy atom. The van der Waals surface area contributed by atoms with Crippen LogP contribution in [0.3, 0.4) is 0 Å². The molecule has 26 heavy (non-hydrogen) atoms. The number of nitrogen functional groups attached to an aromatic ring is 1. The maximum absolute atomic E-state index is 13.6. The fourth-order valence-corrected chi connectivity index (χ4v) is 2.51. The summed E-state index contributed by atoms with van der Waals surface area (Å²) in [7, 11) is 0. The molecule has 146 valence electrons. The van der Waals surface area contributed by atoms with E-state index in [4.69, 9.17) is 15.2 Å². The van der Waals surface area contributed by atoms with Crippen LogP contribution in [0.15, 0.2) is 6.33 Å². The van der Waals surface area contributed by atoms with Crippen molar-refractivity contribution in [1.29, 1.82) is 0 Å². The molecule has 0 spiro atoms. The summed E-state index contributed by atoms with van der Waals surface area (Å²) in [6, 6.07) is 0. The third kappa shape index (κ3) is 3.70. The second-order valence-electron chi connectivity index (χ2n) is 5.68. The summed E-state index contributed by atoms with van der Waals surface area (Å²) < 4.78 is 26.2. The van der Waals surface area contributed by atoms with Gasteiger partial charge < -0.3 is 30.5 Å². The summed E-state index contributed by atoms with van der Waals surface area (Å²) in [6.07, 6.45) is -0.715. The summed E-state index contributed by atoms with van der Waals surface area (Å²) in [6.45, 7) is 1.10. The Morgan fingerprint density at radius 1 is 1.35 bits per heavy atom. The number of alkyl halides is 1. The van der Waals surface area contributed by atoms with Crippen molar-refractivity contribution < 1.29 is 29.2 Å². The van der Waals surface area contributed by atoms with Gasteiger partial charge in [-0.05, 0) is 13.3 Å². The van der Waals surface area contributed by atoms with Gasteiger partial charge >= 0.3 is 0 Å². The van der Waals surface area contributed by atoms with Gasteiger partial charge in [0.25, 0.3) is 0 Å². The monoisotopic (exact) mass is 373 g/mol. The van der Waals surface area contributed by atoms with Crippen molar-refractivity contribution in [2.45, 2.75) is 38.2 Å². The molecule has 0 amide bonds. The normalized spacial score (nSPS) is 16.4. The number of aliphatic hydroxyl groups is 3. The van der Waals surface area contributed by atoms with E-state index in [9.17, 15) is 19.7 Å². The fraction of sp³-hybridized carbons (Fsp3) is 0.667. The Hall–Kier alpha value is -2.08. The van der Waals surface area contributed by atoms with E-state index >= 15 is 0 Å². The average Bonchev–Trinajstić information content (AvgIpc) is 3.07. The van der Waals surface area contributed by atoms with Gasteiger partial charge in [0.15, 0.2) is 11.2 Å². The standard InChI is InChI=1S/C15H24FN5O5/c1-3-10(26-15(6-16,7-23)9(24)5-22)21-8-18-11-12(21)19-14(17)20-13(11)25-4-2/h8-10,22-24H,3-7H2,1-2H3,(H2,17,19,20). The molecule has 5 N–H and O–H groups in total. The van der Waals surface area contributed by atoms with Gasteiger partial charge in [-0.2, -0.15) is 9.97 Å². The molecular weight excluding hydrogens is 349 g/mol. The van der Waals surface area contributed by atoms with Crippen LogP contribution in [0.25, 0.3) is 11.2 Å². The zero-order chi connectivity index (χ0) is 19.3. The maximum Gasteiger partial charge on any atom is 0.247 e. The van der Waals surface area contributed by atoms with Crippen LogP contribution in [-0.2, 0) is 4.74 Å². The van der Waals surface area contributed by atoms with Crippen molar-refractivity contribution in [2.75, 3.05) is 32.2 Å². The van der Waals surface area contributed by atoms with Crippen LogP contribution in [0.1, 0.15) is 26.5 Å². The summed E-state index contributed by atoms with van der Waals surface area (Å²) in [4.78, 5) is 12.3. The summed E-state index contributed by atoms with van der Waals surface area (Å²) in [5, 5.41) is 28.7. The molecule has 3 unspecified atom stereocenters. The highest BCUT2D eigenvalue weighted by Crippen LogP contribution is 2.30. The smallest absolute Gasteiger partial charge is 0.247 e. The number of imidazole rings is 1. The van der Waals surface area contributed by atoms with Crippen LogP contribution in [-0.4, -0.2) is 73.0 Å². The minimum absolute atomic E-state index is 0.0353. The number of ether oxygens (including phenoxy) is 2. The van der Waals surface area contributed by atoms with Gasteiger partial charge in [-0.1, -0.05) is 6.92 Å². The van der Waals surface area contributed by atoms with Crippen LogP contribution >= 0.6 is 0 Å². The van der Waals surface area contributed by atoms with Gasteiger partial charge in [0.05, 0.1) is 26.1 Å². The topological polar surface area (TPSA) is 149 Å². The van der Waals surface area contributed by atoms with Crippen LogP contribution < -0.4 is 10.5 Å². The third-order valence-electron chi connectivity index (χ3n) is 3.99. The largest absolute Gasteiger partial charge is 0.476 e. The average molecular weight is 373 g/mol. The predicted molar refractivity (Wildman–Crippen MR) is 90.2 cm³/mol. The second-order valence-corrected chi connectivity index (χ2v) is 5.68. The predicted octanol–water partition coefficient (Wildman–Crippen LogP) is -0.214. The SMILES string of the molecule is CCOc1nc(N)nc2c1ncn2C(CC)OC(CO)(CF)C(O)CO. The number of halogens is 1. The lowest BCUT2D eigenvalue weighted by atomic mass is 9.99. The Kier molecular flexibility index (Phi) is 6.64. The summed E-state index contributed by atoms with van der Waals surface area (Å²) in [5.74, 6) is 0.171. The van der Waals surface area contributed by atoms with E-state index in [1.165, 1.54) is 10.9 Å². The molecule has 0 bridgehead atoms. The van der Waals surface area contributed by atoms with Gasteiger partial charge in [-0.25, -0.2) is 9.37 Å². The highest BCUT2D eigenvalue weighted by Gasteiger charge is 2.41. The lowest BCUT2D eigenvalue weighted by Crippen LogP contribution is -2.53. The molecule has 0 saturated carbocycles. The van der Waals surface area contributed by atoms with E-state index < -0.39 is 37.8 Å². The molecule has 0 aliphatic rings. The van der Waals surface area contributed by atoms with Crippen LogP contribution in [0, 0.1) is 0 Å². The van der Waals surface area contributed by atoms with Crippen molar-refractivity contribution in [1.82, 2.24) is 19.5 Å². The first-order valence-electron chi connectivity index (χ1n) is 8.22. The van der Waals surface area contributed by atoms with Crippen molar-refractivity contribution in [3.8, 4) is 5.88 Å². The van der Waals surface area contributed by atoms with E-state index in [-0.39, 0.29) is 11.8 Å². The van der Waals surface area contributed by atoms with Gasteiger partial charge in [-0.15, -0.1) is 0 Å². The van der Waals surface area contributed by atoms with Crippen molar-refractivity contribution in [3.63, 3.8) is 0 Å². The molecular formula is C15H24FN5O5. The van der Waals surface area contributed by atoms with Crippen LogP contribution in [0.4, 0.5) is 10.3 Å². The first-order chi connectivity index (χ1) is 12.5. The minimum atomic E-state index is -1.98. The zero-order valence-corrected chi connectivity index (χ0v) is 14.7. The minimum Gasteiger partial charge on any atom is -0.476 e. The number of aliphatic hydroxyl groups excluding tert-OH is 3. The molecule has 2 aromatic heterocycles. The molecule has 0 aliphatic heterocycles. The van der Waals surface area contributed by atoms with Crippen LogP contribution in [0.2, 0.25) is 0 Å². The number of nitrogens with zero attached hydrogens (tertiary/aromatic N) is 4. The number of anilines is 1. The van der Waals surface area contributed by atoms with E-state index in [0.29, 0.717) is 24.2 Å². The van der Waals surface area contributed by atoms with Crippen molar-refractivity contribution in [3.05, 3.63) is 6.33 Å². The summed E-state index contributed by atoms with van der Waals surface area (Å²) >= 11 is 0. The first kappa shape index (κ1) is 20.2. The molecule has 0 fully saturated rings. The number of nitrogens with two attached hydrogens (primary N) is 1. The van der Waals surface area contributed by atoms with Crippen molar-refractivity contribution >= 4 is 17.1 Å². The van der Waals surface area contributed by atoms with E-state index in [0.717, 1.165) is 0 Å². The third-order valence-corrected chi connectivity index (χ3v) is 3.99. The highest BCUT2D eigenvalue weighted by molar-refractivity contribution is 5.77. The van der Waals surface area contributed by atoms with Crippen LogP contribution in [0.5, 0.6) is 5.88 Å². The molecule has 0 aromatic carbocycles. The molecule has 3 atom stereocenters. The number of aromatic nitrogens is 4. The first-order valence-corrected chi connectivity index (χ1v) is 8.22. The number of hydrogen-bond donors (Lipinski definition) is 4. The quantitative estimate of drug-likeness (QED) is 0.443. The Labute approximate surface area is 149 Å². The molecule has 0 aliphatic carbocycles. The molecule has 0 radical (unpaired) electrons. The second kappa shape index (κ2) is 8.54. The Balaban J connectivity index is 2.47. The lowest BCUT2D eigenvalue weighted by Gasteiger charge is -2.36. The number of hydrogen-bond acceptors (Lipinski definition) is 9. The van der Waals surface area contributed by atoms with E-state index in [1.807, 2.05) is 0 Å². The molecule has 2 aromatic rings. The fourth-order valence-electron chi connectivity index (χ4n) is 2.51.